The molecule has 30 heavy (non-hydrogen) atoms. The van der Waals surface area contributed by atoms with Crippen LogP contribution in [0.1, 0.15) is 64.2 Å². The van der Waals surface area contributed by atoms with Crippen LogP contribution in [0.2, 0.25) is 18.1 Å². The van der Waals surface area contributed by atoms with Gasteiger partial charge in [0.05, 0.1) is 24.3 Å². The maximum atomic E-state index is 11.9. The Balaban J connectivity index is 2.15. The summed E-state index contributed by atoms with van der Waals surface area (Å²) in [5, 5.41) is 9.26. The fraction of sp³-hybridized carbons (Fsp3) is 0.667. The molecule has 0 spiro atoms. The second kappa shape index (κ2) is 10.6. The maximum Gasteiger partial charge on any atom is 0.306 e. The molecule has 1 aromatic rings. The number of hydrogen-bond acceptors (Lipinski definition) is 5. The molecule has 0 saturated carbocycles. The van der Waals surface area contributed by atoms with Crippen LogP contribution in [0.25, 0.3) is 0 Å². The van der Waals surface area contributed by atoms with Gasteiger partial charge in [0.15, 0.2) is 8.32 Å². The minimum Gasteiger partial charge on any atom is -0.466 e. The molecule has 0 aliphatic carbocycles. The van der Waals surface area contributed by atoms with Crippen molar-refractivity contribution in [1.29, 1.82) is 5.26 Å². The van der Waals surface area contributed by atoms with E-state index in [-0.39, 0.29) is 17.1 Å². The lowest BCUT2D eigenvalue weighted by molar-refractivity contribution is -0.144. The Morgan fingerprint density at radius 1 is 1.30 bits per heavy atom. The summed E-state index contributed by atoms with van der Waals surface area (Å²) in [7, 11) is -1.98. The van der Waals surface area contributed by atoms with Gasteiger partial charge in [0.2, 0.25) is 0 Å². The van der Waals surface area contributed by atoms with E-state index in [1.165, 1.54) is 0 Å². The molecule has 0 aromatic heterocycles. The van der Waals surface area contributed by atoms with Crippen molar-refractivity contribution < 1.29 is 14.0 Å². The zero-order valence-electron chi connectivity index (χ0n) is 19.5. The largest absolute Gasteiger partial charge is 0.466 e. The van der Waals surface area contributed by atoms with Crippen LogP contribution in [-0.4, -0.2) is 45.4 Å². The first-order valence-corrected chi connectivity index (χ1v) is 14.0. The van der Waals surface area contributed by atoms with Gasteiger partial charge in [0, 0.05) is 19.5 Å². The molecular weight excluding hydrogens is 392 g/mol. The van der Waals surface area contributed by atoms with Crippen LogP contribution in [0, 0.1) is 17.2 Å². The predicted octanol–water partition coefficient (Wildman–Crippen LogP) is 5.29. The Morgan fingerprint density at radius 2 is 1.97 bits per heavy atom. The van der Waals surface area contributed by atoms with Gasteiger partial charge < -0.3 is 14.1 Å². The van der Waals surface area contributed by atoms with Crippen molar-refractivity contribution >= 4 is 14.3 Å². The second-order valence-electron chi connectivity index (χ2n) is 9.88. The molecule has 166 valence electrons. The summed E-state index contributed by atoms with van der Waals surface area (Å²) in [6.07, 6.45) is 2.61. The van der Waals surface area contributed by atoms with Gasteiger partial charge in [0.25, 0.3) is 0 Å². The average molecular weight is 431 g/mol. The fourth-order valence-corrected chi connectivity index (χ4v) is 4.96. The van der Waals surface area contributed by atoms with Crippen molar-refractivity contribution in [2.24, 2.45) is 5.92 Å². The second-order valence-corrected chi connectivity index (χ2v) is 14.6. The lowest BCUT2D eigenvalue weighted by Crippen LogP contribution is -2.45. The van der Waals surface area contributed by atoms with Crippen LogP contribution in [0.4, 0.5) is 0 Å². The van der Waals surface area contributed by atoms with Gasteiger partial charge in [0.1, 0.15) is 0 Å². The van der Waals surface area contributed by atoms with Crippen molar-refractivity contribution in [3.8, 4) is 6.07 Å². The SMILES string of the molecule is CCOC(=O)CC1CCCN(CC(O[Si](C)(C)C(C)(C)C)c2ccc(C#N)cc2)C1. The average Bonchev–Trinajstić information content (AvgIpc) is 2.67. The van der Waals surface area contributed by atoms with Crippen molar-refractivity contribution in [3.05, 3.63) is 35.4 Å². The summed E-state index contributed by atoms with van der Waals surface area (Å²) in [5.41, 5.74) is 1.78. The third-order valence-electron chi connectivity index (χ3n) is 6.44. The lowest BCUT2D eigenvalue weighted by Gasteiger charge is -2.42. The van der Waals surface area contributed by atoms with Crippen LogP contribution in [-0.2, 0) is 14.0 Å². The summed E-state index contributed by atoms with van der Waals surface area (Å²) in [6, 6.07) is 9.99. The zero-order chi connectivity index (χ0) is 22.4. The number of ether oxygens (including phenoxy) is 1. The standard InChI is InChI=1S/C24H38N2O3Si/c1-7-28-23(27)15-20-9-8-14-26(17-20)18-22(29-30(5,6)24(2,3)4)21-12-10-19(16-25)11-13-21/h10-13,20,22H,7-9,14-15,17-18H2,1-6H3. The third-order valence-corrected chi connectivity index (χ3v) is 10.9. The summed E-state index contributed by atoms with van der Waals surface area (Å²) in [6.45, 7) is 16.3. The molecule has 0 bridgehead atoms. The van der Waals surface area contributed by atoms with E-state index in [2.05, 4.69) is 44.8 Å². The molecule has 5 nitrogen and oxygen atoms in total. The molecule has 1 aliphatic heterocycles. The van der Waals surface area contributed by atoms with E-state index in [9.17, 15) is 4.79 Å². The topological polar surface area (TPSA) is 62.6 Å². The van der Waals surface area contributed by atoms with Gasteiger partial charge in [-0.15, -0.1) is 0 Å². The Kier molecular flexibility index (Phi) is 8.66. The molecule has 1 aliphatic rings. The van der Waals surface area contributed by atoms with Crippen LogP contribution in [0.3, 0.4) is 0 Å². The summed E-state index contributed by atoms with van der Waals surface area (Å²) in [4.78, 5) is 14.4. The van der Waals surface area contributed by atoms with E-state index in [4.69, 9.17) is 14.4 Å². The van der Waals surface area contributed by atoms with Gasteiger partial charge >= 0.3 is 5.97 Å². The Hall–Kier alpha value is -1.68. The number of piperidine rings is 1. The normalized spacial score (nSPS) is 19.2. The van der Waals surface area contributed by atoms with Gasteiger partial charge in [-0.25, -0.2) is 0 Å². The number of carbonyl (C=O) groups is 1. The lowest BCUT2D eigenvalue weighted by atomic mass is 9.94. The van der Waals surface area contributed by atoms with Crippen LogP contribution in [0.5, 0.6) is 0 Å². The molecule has 6 heteroatoms. The van der Waals surface area contributed by atoms with E-state index in [1.807, 2.05) is 31.2 Å². The number of likely N-dealkylation sites (tertiary alicyclic amines) is 1. The third kappa shape index (κ3) is 6.94. The van der Waals surface area contributed by atoms with Crippen LogP contribution in [0.15, 0.2) is 24.3 Å². The van der Waals surface area contributed by atoms with Gasteiger partial charge in [-0.2, -0.15) is 5.26 Å². The highest BCUT2D eigenvalue weighted by molar-refractivity contribution is 6.74. The first kappa shape index (κ1) is 24.6. The molecular formula is C24H38N2O3Si. The number of carbonyl (C=O) groups excluding carboxylic acids is 1. The first-order chi connectivity index (χ1) is 14.1. The number of benzene rings is 1. The number of hydrogen-bond donors (Lipinski definition) is 0. The molecule has 1 fully saturated rings. The van der Waals surface area contributed by atoms with E-state index in [1.54, 1.807) is 0 Å². The van der Waals surface area contributed by atoms with Crippen LogP contribution < -0.4 is 0 Å². The molecule has 2 unspecified atom stereocenters. The van der Waals surface area contributed by atoms with Gasteiger partial charge in [-0.3, -0.25) is 4.79 Å². The zero-order valence-corrected chi connectivity index (χ0v) is 20.5. The molecule has 1 saturated heterocycles. The highest BCUT2D eigenvalue weighted by atomic mass is 28.4. The fourth-order valence-electron chi connectivity index (χ4n) is 3.69. The number of nitriles is 1. The molecule has 0 N–H and O–H groups in total. The first-order valence-electron chi connectivity index (χ1n) is 11.1. The minimum absolute atomic E-state index is 0.0417. The number of nitrogens with zero attached hydrogens (tertiary/aromatic N) is 2. The van der Waals surface area contributed by atoms with E-state index in [0.29, 0.717) is 24.5 Å². The molecule has 1 heterocycles. The highest BCUT2D eigenvalue weighted by Gasteiger charge is 2.40. The summed E-state index contributed by atoms with van der Waals surface area (Å²) in [5.74, 6) is 0.248. The minimum atomic E-state index is -1.98. The Labute approximate surface area is 183 Å². The number of rotatable bonds is 8. The van der Waals surface area contributed by atoms with Crippen molar-refractivity contribution in [2.75, 3.05) is 26.2 Å². The van der Waals surface area contributed by atoms with Crippen LogP contribution >= 0.6 is 0 Å². The Morgan fingerprint density at radius 3 is 2.53 bits per heavy atom. The van der Waals surface area contributed by atoms with E-state index < -0.39 is 8.32 Å². The van der Waals surface area contributed by atoms with E-state index >= 15 is 0 Å². The molecule has 0 radical (unpaired) electrons. The Bertz CT molecular complexity index is 734. The monoisotopic (exact) mass is 430 g/mol. The van der Waals surface area contributed by atoms with Crippen molar-refractivity contribution in [1.82, 2.24) is 4.90 Å². The number of esters is 1. The molecule has 2 rings (SSSR count). The molecule has 1 aromatic carbocycles. The van der Waals surface area contributed by atoms with E-state index in [0.717, 1.165) is 38.0 Å². The maximum absolute atomic E-state index is 11.9. The molecule has 2 atom stereocenters. The smallest absolute Gasteiger partial charge is 0.306 e. The van der Waals surface area contributed by atoms with Crippen molar-refractivity contribution in [3.63, 3.8) is 0 Å². The quantitative estimate of drug-likeness (QED) is 0.414. The molecule has 0 amide bonds. The van der Waals surface area contributed by atoms with Gasteiger partial charge in [-0.05, 0) is 68.1 Å². The summed E-state index contributed by atoms with van der Waals surface area (Å²) < 4.78 is 12.0. The van der Waals surface area contributed by atoms with Gasteiger partial charge in [-0.1, -0.05) is 32.9 Å². The highest BCUT2D eigenvalue weighted by Crippen LogP contribution is 2.40. The predicted molar refractivity (Wildman–Crippen MR) is 123 cm³/mol. The van der Waals surface area contributed by atoms with Crippen molar-refractivity contribution in [2.45, 2.75) is 71.2 Å². The summed E-state index contributed by atoms with van der Waals surface area (Å²) >= 11 is 0.